The zero-order valence-electron chi connectivity index (χ0n) is 8.34. The van der Waals surface area contributed by atoms with Gasteiger partial charge in [-0.2, -0.15) is 0 Å². The first kappa shape index (κ1) is 14.7. The second kappa shape index (κ2) is 6.57. The molecule has 0 aliphatic carbocycles. The average molecular weight is 558 g/mol. The Morgan fingerprint density at radius 3 is 2.25 bits per heavy atom. The minimum Gasteiger partial charge on any atom is -0.479 e. The van der Waals surface area contributed by atoms with Crippen LogP contribution in [0.25, 0.3) is 0 Å². The highest BCUT2D eigenvalue weighted by atomic mass is 127. The van der Waals surface area contributed by atoms with Crippen LogP contribution in [-0.2, 0) is 4.79 Å². The van der Waals surface area contributed by atoms with Crippen LogP contribution in [0.15, 0.2) is 12.1 Å². The van der Waals surface area contributed by atoms with Crippen molar-refractivity contribution in [2.75, 3.05) is 0 Å². The summed E-state index contributed by atoms with van der Waals surface area (Å²) >= 11 is 6.54. The van der Waals surface area contributed by atoms with Crippen molar-refractivity contribution in [3.05, 3.63) is 22.8 Å². The second-order valence-corrected chi connectivity index (χ2v) is 6.62. The Labute approximate surface area is 135 Å². The molecule has 0 aliphatic heterocycles. The molecule has 0 radical (unpaired) electrons. The summed E-state index contributed by atoms with van der Waals surface area (Å²) in [6, 6.07) is 3.93. The van der Waals surface area contributed by atoms with Gasteiger partial charge in [-0.05, 0) is 86.3 Å². The number of benzene rings is 1. The molecular weight excluding hydrogens is 549 g/mol. The van der Waals surface area contributed by atoms with E-state index in [9.17, 15) is 4.79 Å². The Hall–Kier alpha value is 0.680. The summed E-state index contributed by atoms with van der Waals surface area (Å²) in [5.74, 6) is -0.261. The van der Waals surface area contributed by atoms with Gasteiger partial charge in [0.25, 0.3) is 0 Å². The summed E-state index contributed by atoms with van der Waals surface area (Å²) in [6.45, 7) is 1.80. The first-order valence-electron chi connectivity index (χ1n) is 4.49. The molecule has 1 atom stereocenters. The Balaban J connectivity index is 3.01. The van der Waals surface area contributed by atoms with Crippen LogP contribution in [0.1, 0.15) is 13.3 Å². The van der Waals surface area contributed by atoms with E-state index in [4.69, 9.17) is 9.84 Å². The topological polar surface area (TPSA) is 46.5 Å². The van der Waals surface area contributed by atoms with Crippen molar-refractivity contribution in [1.29, 1.82) is 0 Å². The maximum atomic E-state index is 10.9. The van der Waals surface area contributed by atoms with Crippen molar-refractivity contribution in [1.82, 2.24) is 0 Å². The third kappa shape index (κ3) is 3.86. The van der Waals surface area contributed by atoms with Crippen molar-refractivity contribution in [2.45, 2.75) is 19.4 Å². The number of carboxylic acid groups (broad SMARTS) is 1. The average Bonchev–Trinajstić information content (AvgIpc) is 2.15. The minimum atomic E-state index is -0.923. The molecule has 0 amide bonds. The third-order valence-electron chi connectivity index (χ3n) is 1.87. The molecule has 1 N–H and O–H groups in total. The van der Waals surface area contributed by atoms with E-state index < -0.39 is 12.1 Å². The fourth-order valence-electron chi connectivity index (χ4n) is 1.09. The van der Waals surface area contributed by atoms with Crippen LogP contribution in [0, 0.1) is 10.7 Å². The van der Waals surface area contributed by atoms with Crippen LogP contribution < -0.4 is 4.74 Å². The molecule has 1 rings (SSSR count). The molecule has 0 aromatic heterocycles. The van der Waals surface area contributed by atoms with Crippen LogP contribution >= 0.6 is 67.8 Å². The standard InChI is InChI=1S/C10H9I3O3/c1-2-8(10(14)15)16-9-6(12)3-5(11)4-7(9)13/h3-4,8H,2H2,1H3,(H,14,15)/t8-/m0/s1. The minimum absolute atomic E-state index is 0.452. The number of carboxylic acids is 1. The van der Waals surface area contributed by atoms with Gasteiger partial charge in [0.1, 0.15) is 5.75 Å². The monoisotopic (exact) mass is 558 g/mol. The smallest absolute Gasteiger partial charge is 0.344 e. The molecule has 16 heavy (non-hydrogen) atoms. The van der Waals surface area contributed by atoms with Crippen molar-refractivity contribution < 1.29 is 14.6 Å². The van der Waals surface area contributed by atoms with Crippen molar-refractivity contribution >= 4 is 73.7 Å². The summed E-state index contributed by atoms with van der Waals surface area (Å²) in [7, 11) is 0. The zero-order chi connectivity index (χ0) is 12.3. The van der Waals surface area contributed by atoms with Gasteiger partial charge >= 0.3 is 5.97 Å². The fraction of sp³-hybridized carbons (Fsp3) is 0.300. The van der Waals surface area contributed by atoms with Crippen LogP contribution in [-0.4, -0.2) is 17.2 Å². The highest BCUT2D eigenvalue weighted by Crippen LogP contribution is 2.30. The Kier molecular flexibility index (Phi) is 6.05. The molecule has 0 unspecified atom stereocenters. The van der Waals surface area contributed by atoms with Gasteiger partial charge in [0, 0.05) is 3.57 Å². The van der Waals surface area contributed by atoms with E-state index >= 15 is 0 Å². The number of carbonyl (C=O) groups is 1. The molecule has 0 saturated heterocycles. The number of hydrogen-bond donors (Lipinski definition) is 1. The van der Waals surface area contributed by atoms with Crippen LogP contribution in [0.3, 0.4) is 0 Å². The third-order valence-corrected chi connectivity index (χ3v) is 4.09. The maximum absolute atomic E-state index is 10.9. The van der Waals surface area contributed by atoms with E-state index in [-0.39, 0.29) is 0 Å². The summed E-state index contributed by atoms with van der Waals surface area (Å²) in [5, 5.41) is 8.94. The summed E-state index contributed by atoms with van der Waals surface area (Å²) in [5.41, 5.74) is 0. The molecule has 0 heterocycles. The van der Waals surface area contributed by atoms with Gasteiger partial charge in [-0.3, -0.25) is 0 Å². The normalized spacial score (nSPS) is 12.2. The van der Waals surface area contributed by atoms with Crippen LogP contribution in [0.4, 0.5) is 0 Å². The van der Waals surface area contributed by atoms with Gasteiger partial charge in [0.2, 0.25) is 0 Å². The Morgan fingerprint density at radius 2 is 1.88 bits per heavy atom. The summed E-state index contributed by atoms with van der Waals surface area (Å²) in [6.07, 6.45) is -0.324. The van der Waals surface area contributed by atoms with Gasteiger partial charge in [0.05, 0.1) is 7.14 Å². The molecule has 0 bridgehead atoms. The van der Waals surface area contributed by atoms with E-state index in [1.54, 1.807) is 6.92 Å². The highest BCUT2D eigenvalue weighted by molar-refractivity contribution is 14.1. The number of ether oxygens (including phenoxy) is 1. The highest BCUT2D eigenvalue weighted by Gasteiger charge is 2.19. The zero-order valence-corrected chi connectivity index (χ0v) is 14.8. The molecule has 88 valence electrons. The lowest BCUT2D eigenvalue weighted by Gasteiger charge is -2.16. The number of rotatable bonds is 4. The summed E-state index contributed by atoms with van der Waals surface area (Å²) in [4.78, 5) is 10.9. The number of aliphatic carboxylic acids is 1. The molecule has 0 saturated carbocycles. The fourth-order valence-corrected chi connectivity index (χ4v) is 4.93. The molecule has 1 aromatic rings. The van der Waals surface area contributed by atoms with Crippen LogP contribution in [0.5, 0.6) is 5.75 Å². The Bertz CT molecular complexity index is 383. The van der Waals surface area contributed by atoms with Gasteiger partial charge < -0.3 is 9.84 Å². The van der Waals surface area contributed by atoms with Crippen molar-refractivity contribution in [3.63, 3.8) is 0 Å². The molecule has 0 fully saturated rings. The molecule has 1 aromatic carbocycles. The van der Waals surface area contributed by atoms with Crippen LogP contribution in [0.2, 0.25) is 0 Å². The van der Waals surface area contributed by atoms with Gasteiger partial charge in [-0.1, -0.05) is 6.92 Å². The first-order chi connectivity index (χ1) is 7.45. The van der Waals surface area contributed by atoms with Gasteiger partial charge in [-0.15, -0.1) is 0 Å². The largest absolute Gasteiger partial charge is 0.479 e. The lowest BCUT2D eigenvalue weighted by molar-refractivity contribution is -0.145. The van der Waals surface area contributed by atoms with E-state index in [0.717, 1.165) is 10.7 Å². The maximum Gasteiger partial charge on any atom is 0.344 e. The number of hydrogen-bond acceptors (Lipinski definition) is 2. The first-order valence-corrected chi connectivity index (χ1v) is 7.73. The van der Waals surface area contributed by atoms with E-state index in [1.807, 2.05) is 12.1 Å². The second-order valence-electron chi connectivity index (χ2n) is 3.05. The lowest BCUT2D eigenvalue weighted by Crippen LogP contribution is -2.26. The molecule has 3 nitrogen and oxygen atoms in total. The van der Waals surface area contributed by atoms with E-state index in [2.05, 4.69) is 67.8 Å². The quantitative estimate of drug-likeness (QED) is 0.574. The predicted molar refractivity (Wildman–Crippen MR) is 86.9 cm³/mol. The van der Waals surface area contributed by atoms with Gasteiger partial charge in [-0.25, -0.2) is 4.79 Å². The van der Waals surface area contributed by atoms with Crippen molar-refractivity contribution in [3.8, 4) is 5.75 Å². The Morgan fingerprint density at radius 1 is 1.38 bits per heavy atom. The molecular formula is C10H9I3O3. The van der Waals surface area contributed by atoms with E-state index in [1.165, 1.54) is 0 Å². The lowest BCUT2D eigenvalue weighted by atomic mass is 10.3. The molecule has 0 spiro atoms. The number of halogens is 3. The molecule has 6 heteroatoms. The SMILES string of the molecule is CC[C@H](Oc1c(I)cc(I)cc1I)C(=O)O. The van der Waals surface area contributed by atoms with Gasteiger partial charge in [0.15, 0.2) is 6.10 Å². The summed E-state index contributed by atoms with van der Waals surface area (Å²) < 4.78 is 8.51. The van der Waals surface area contributed by atoms with E-state index in [0.29, 0.717) is 12.2 Å². The predicted octanol–water partition coefficient (Wildman–Crippen LogP) is 3.74. The van der Waals surface area contributed by atoms with Crippen molar-refractivity contribution in [2.24, 2.45) is 0 Å². The molecule has 0 aliphatic rings.